The van der Waals surface area contributed by atoms with Crippen LogP contribution in [0.4, 0.5) is 0 Å². The van der Waals surface area contributed by atoms with Gasteiger partial charge in [0.2, 0.25) is 0 Å². The van der Waals surface area contributed by atoms with Gasteiger partial charge in [0, 0.05) is 37.6 Å². The zero-order chi connectivity index (χ0) is 8.67. The van der Waals surface area contributed by atoms with E-state index in [1.165, 1.54) is 31.7 Å². The van der Waals surface area contributed by atoms with E-state index in [4.69, 9.17) is 0 Å². The number of aromatic nitrogens is 2. The van der Waals surface area contributed by atoms with Crippen LogP contribution in [0.1, 0.15) is 18.0 Å². The van der Waals surface area contributed by atoms with Gasteiger partial charge in [-0.1, -0.05) is 0 Å². The first-order valence-corrected chi connectivity index (χ1v) is 4.92. The van der Waals surface area contributed by atoms with Crippen LogP contribution in [0.15, 0.2) is 18.6 Å². The molecule has 0 saturated carbocycles. The molecule has 3 nitrogen and oxygen atoms in total. The maximum atomic E-state index is 4.39. The summed E-state index contributed by atoms with van der Waals surface area (Å²) in [5.41, 5.74) is 1.19. The Labute approximate surface area is 77.8 Å². The Balaban J connectivity index is 1.87. The molecule has 0 radical (unpaired) electrons. The van der Waals surface area contributed by atoms with Gasteiger partial charge in [-0.05, 0) is 18.9 Å². The van der Waals surface area contributed by atoms with Gasteiger partial charge in [0.1, 0.15) is 0 Å². The fourth-order valence-corrected chi connectivity index (χ4v) is 2.62. The van der Waals surface area contributed by atoms with Gasteiger partial charge in [-0.2, -0.15) is 0 Å². The summed E-state index contributed by atoms with van der Waals surface area (Å²) in [7, 11) is 0. The van der Waals surface area contributed by atoms with Crippen LogP contribution >= 0.6 is 0 Å². The van der Waals surface area contributed by atoms with E-state index in [1.54, 1.807) is 12.4 Å². The molecule has 2 unspecified atom stereocenters. The summed E-state index contributed by atoms with van der Waals surface area (Å²) in [5.74, 6) is 1.50. The lowest BCUT2D eigenvalue weighted by molar-refractivity contribution is 0.343. The minimum atomic E-state index is 0.655. The van der Waals surface area contributed by atoms with Crippen LogP contribution in [0.25, 0.3) is 0 Å². The molecule has 2 saturated heterocycles. The van der Waals surface area contributed by atoms with Crippen LogP contribution < -0.4 is 0 Å². The molecule has 0 aromatic carbocycles. The van der Waals surface area contributed by atoms with E-state index in [2.05, 4.69) is 14.9 Å². The Kier molecular flexibility index (Phi) is 1.59. The summed E-state index contributed by atoms with van der Waals surface area (Å²) in [6.07, 6.45) is 6.82. The van der Waals surface area contributed by atoms with E-state index in [1.807, 2.05) is 6.20 Å². The molecule has 2 bridgehead atoms. The molecule has 0 aliphatic carbocycles. The summed E-state index contributed by atoms with van der Waals surface area (Å²) in [6, 6.07) is 0. The van der Waals surface area contributed by atoms with Crippen LogP contribution in [0.5, 0.6) is 0 Å². The highest BCUT2D eigenvalue weighted by atomic mass is 15.2. The predicted molar refractivity (Wildman–Crippen MR) is 49.3 cm³/mol. The van der Waals surface area contributed by atoms with Crippen molar-refractivity contribution in [1.82, 2.24) is 14.9 Å². The van der Waals surface area contributed by atoms with E-state index in [0.717, 1.165) is 5.92 Å². The molecule has 0 amide bonds. The largest absolute Gasteiger partial charge is 0.302 e. The van der Waals surface area contributed by atoms with Crippen LogP contribution in [0.3, 0.4) is 0 Å². The summed E-state index contributed by atoms with van der Waals surface area (Å²) in [6.45, 7) is 3.77. The van der Waals surface area contributed by atoms with Gasteiger partial charge in [0.15, 0.2) is 0 Å². The highest BCUT2D eigenvalue weighted by molar-refractivity contribution is 5.11. The summed E-state index contributed by atoms with van der Waals surface area (Å²) in [4.78, 5) is 11.1. The third kappa shape index (κ3) is 1.15. The van der Waals surface area contributed by atoms with E-state index in [-0.39, 0.29) is 0 Å². The van der Waals surface area contributed by atoms with Crippen LogP contribution in [-0.4, -0.2) is 34.5 Å². The first-order valence-electron chi connectivity index (χ1n) is 4.92. The number of hydrogen-bond acceptors (Lipinski definition) is 3. The predicted octanol–water partition coefficient (Wildman–Crippen LogP) is 0.896. The lowest BCUT2D eigenvalue weighted by Crippen LogP contribution is -2.22. The second kappa shape index (κ2) is 2.77. The summed E-state index contributed by atoms with van der Waals surface area (Å²) < 4.78 is 0. The highest BCUT2D eigenvalue weighted by Gasteiger charge is 2.39. The van der Waals surface area contributed by atoms with Crippen molar-refractivity contribution in [3.8, 4) is 0 Å². The molecular weight excluding hydrogens is 162 g/mol. The van der Waals surface area contributed by atoms with E-state index in [0.29, 0.717) is 5.92 Å². The molecule has 13 heavy (non-hydrogen) atoms. The first kappa shape index (κ1) is 7.44. The average molecular weight is 175 g/mol. The molecule has 68 valence electrons. The Hall–Kier alpha value is -0.960. The van der Waals surface area contributed by atoms with Gasteiger partial charge in [-0.25, -0.2) is 0 Å². The lowest BCUT2D eigenvalue weighted by Gasteiger charge is -2.20. The molecule has 2 aliphatic heterocycles. The maximum absolute atomic E-state index is 4.39. The van der Waals surface area contributed by atoms with Crippen LogP contribution in [0, 0.1) is 5.92 Å². The Morgan fingerprint density at radius 3 is 2.92 bits per heavy atom. The Bertz CT molecular complexity index is 298. The molecular formula is C10H13N3. The van der Waals surface area contributed by atoms with E-state index < -0.39 is 0 Å². The fraction of sp³-hybridized carbons (Fsp3) is 0.600. The zero-order valence-corrected chi connectivity index (χ0v) is 7.56. The first-order chi connectivity index (χ1) is 6.43. The molecule has 3 heterocycles. The minimum Gasteiger partial charge on any atom is -0.302 e. The van der Waals surface area contributed by atoms with Crippen LogP contribution in [-0.2, 0) is 0 Å². The second-order valence-corrected chi connectivity index (χ2v) is 4.05. The molecule has 2 fully saturated rings. The monoisotopic (exact) mass is 175 g/mol. The number of piperidine rings is 1. The lowest BCUT2D eigenvalue weighted by atomic mass is 9.90. The molecule has 1 aromatic rings. The van der Waals surface area contributed by atoms with Crippen molar-refractivity contribution in [3.05, 3.63) is 24.3 Å². The quantitative estimate of drug-likeness (QED) is 0.635. The molecule has 3 rings (SSSR count). The van der Waals surface area contributed by atoms with E-state index in [9.17, 15) is 0 Å². The van der Waals surface area contributed by atoms with Crippen molar-refractivity contribution >= 4 is 0 Å². The normalized spacial score (nSPS) is 36.8. The molecule has 0 N–H and O–H groups in total. The molecule has 3 heteroatoms. The van der Waals surface area contributed by atoms with Crippen molar-refractivity contribution in [2.75, 3.05) is 19.6 Å². The third-order valence-corrected chi connectivity index (χ3v) is 3.30. The Morgan fingerprint density at radius 1 is 1.31 bits per heavy atom. The SMILES string of the molecule is c1cnc([C@@H]2CN3CCC2C3)cn1. The van der Waals surface area contributed by atoms with Gasteiger partial charge >= 0.3 is 0 Å². The van der Waals surface area contributed by atoms with Crippen molar-refractivity contribution in [2.45, 2.75) is 12.3 Å². The summed E-state index contributed by atoms with van der Waals surface area (Å²) >= 11 is 0. The smallest absolute Gasteiger partial charge is 0.0633 e. The van der Waals surface area contributed by atoms with Gasteiger partial charge in [0.05, 0.1) is 5.69 Å². The van der Waals surface area contributed by atoms with Crippen molar-refractivity contribution < 1.29 is 0 Å². The second-order valence-electron chi connectivity index (χ2n) is 4.05. The maximum Gasteiger partial charge on any atom is 0.0633 e. The molecule has 2 aliphatic rings. The number of hydrogen-bond donors (Lipinski definition) is 0. The van der Waals surface area contributed by atoms with Crippen molar-refractivity contribution in [1.29, 1.82) is 0 Å². The number of fused-ring (bicyclic) bond motifs is 2. The van der Waals surface area contributed by atoms with Crippen molar-refractivity contribution in [2.24, 2.45) is 5.92 Å². The number of nitrogens with zero attached hydrogens (tertiary/aromatic N) is 3. The third-order valence-electron chi connectivity index (χ3n) is 3.30. The standard InChI is InChI=1S/C10H13N3/c1-4-13-6-8(1)9(7-13)10-5-11-2-3-12-10/h2-3,5,8-9H,1,4,6-7H2/t8?,9-/m1/s1. The van der Waals surface area contributed by atoms with Gasteiger partial charge < -0.3 is 4.90 Å². The molecule has 0 spiro atoms. The minimum absolute atomic E-state index is 0.655. The van der Waals surface area contributed by atoms with Gasteiger partial charge in [-0.3, -0.25) is 9.97 Å². The molecule has 1 aromatic heterocycles. The molecule has 3 atom stereocenters. The van der Waals surface area contributed by atoms with E-state index >= 15 is 0 Å². The Morgan fingerprint density at radius 2 is 2.31 bits per heavy atom. The fourth-order valence-electron chi connectivity index (χ4n) is 2.62. The van der Waals surface area contributed by atoms with Crippen molar-refractivity contribution in [3.63, 3.8) is 0 Å². The van der Waals surface area contributed by atoms with Crippen LogP contribution in [0.2, 0.25) is 0 Å². The summed E-state index contributed by atoms with van der Waals surface area (Å²) in [5, 5.41) is 0. The zero-order valence-electron chi connectivity index (χ0n) is 7.56. The topological polar surface area (TPSA) is 29.0 Å². The number of rotatable bonds is 1. The average Bonchev–Trinajstić information content (AvgIpc) is 2.80. The highest BCUT2D eigenvalue weighted by Crippen LogP contribution is 2.38. The van der Waals surface area contributed by atoms with Gasteiger partial charge in [-0.15, -0.1) is 0 Å². The van der Waals surface area contributed by atoms with Gasteiger partial charge in [0.25, 0.3) is 0 Å².